The number of aliphatic hydroxyl groups is 1. The summed E-state index contributed by atoms with van der Waals surface area (Å²) < 4.78 is 7.57. The van der Waals surface area contributed by atoms with Crippen LogP contribution in [0, 0.1) is 20.8 Å². The summed E-state index contributed by atoms with van der Waals surface area (Å²) in [7, 11) is 0. The molecular formula is C17H20N4O2S. The van der Waals surface area contributed by atoms with Crippen molar-refractivity contribution in [1.82, 2.24) is 19.6 Å². The maximum Gasteiger partial charge on any atom is 0.256 e. The van der Waals surface area contributed by atoms with Gasteiger partial charge in [-0.15, -0.1) is 10.2 Å². The molecular weight excluding hydrogens is 324 g/mol. The van der Waals surface area contributed by atoms with Gasteiger partial charge in [0.2, 0.25) is 0 Å². The zero-order valence-electron chi connectivity index (χ0n) is 13.9. The molecule has 0 aliphatic rings. The second-order valence-electron chi connectivity index (χ2n) is 5.70. The Morgan fingerprint density at radius 1 is 1.21 bits per heavy atom. The number of nitrogens with zero attached hydrogens (tertiary/aromatic N) is 4. The molecule has 0 unspecified atom stereocenters. The third-order valence-electron chi connectivity index (χ3n) is 3.59. The van der Waals surface area contributed by atoms with E-state index in [0.717, 1.165) is 27.9 Å². The predicted octanol–water partition coefficient (Wildman–Crippen LogP) is 2.58. The van der Waals surface area contributed by atoms with Gasteiger partial charge >= 0.3 is 0 Å². The first-order valence-corrected chi connectivity index (χ1v) is 8.72. The molecule has 0 fully saturated rings. The first-order valence-electron chi connectivity index (χ1n) is 7.73. The van der Waals surface area contributed by atoms with E-state index in [9.17, 15) is 5.11 Å². The van der Waals surface area contributed by atoms with Crippen molar-refractivity contribution in [2.24, 2.45) is 0 Å². The minimum Gasteiger partial charge on any atom is -0.491 e. The van der Waals surface area contributed by atoms with Gasteiger partial charge in [-0.2, -0.15) is 0 Å². The van der Waals surface area contributed by atoms with E-state index >= 15 is 0 Å². The molecule has 2 aromatic heterocycles. The molecule has 0 saturated carbocycles. The number of rotatable bonds is 6. The van der Waals surface area contributed by atoms with E-state index in [2.05, 4.69) is 15.2 Å². The number of ether oxygens (including phenoxy) is 1. The quantitative estimate of drug-likeness (QED) is 0.693. The van der Waals surface area contributed by atoms with Crippen molar-refractivity contribution >= 4 is 17.5 Å². The Bertz CT molecular complexity index is 850. The minimum atomic E-state index is -0.597. The van der Waals surface area contributed by atoms with E-state index in [1.165, 1.54) is 11.8 Å². The monoisotopic (exact) mass is 344 g/mol. The van der Waals surface area contributed by atoms with Crippen LogP contribution in [0.1, 0.15) is 17.0 Å². The average Bonchev–Trinajstić information content (AvgIpc) is 2.95. The zero-order chi connectivity index (χ0) is 17.1. The third kappa shape index (κ3) is 3.68. The summed E-state index contributed by atoms with van der Waals surface area (Å²) in [5.41, 5.74) is 2.99. The van der Waals surface area contributed by atoms with Crippen LogP contribution in [-0.4, -0.2) is 43.2 Å². The van der Waals surface area contributed by atoms with E-state index in [1.807, 2.05) is 55.5 Å². The van der Waals surface area contributed by atoms with E-state index in [0.29, 0.717) is 11.5 Å². The normalized spacial score (nSPS) is 12.5. The summed E-state index contributed by atoms with van der Waals surface area (Å²) in [6, 6.07) is 9.75. The molecule has 7 heteroatoms. The molecule has 1 aromatic carbocycles. The van der Waals surface area contributed by atoms with Gasteiger partial charge in [0.1, 0.15) is 12.4 Å². The van der Waals surface area contributed by atoms with Crippen LogP contribution in [0.3, 0.4) is 0 Å². The Kier molecular flexibility index (Phi) is 5.01. The van der Waals surface area contributed by atoms with Crippen LogP contribution in [0.25, 0.3) is 5.78 Å². The molecule has 2 heterocycles. The number of fused-ring (bicyclic) bond motifs is 1. The van der Waals surface area contributed by atoms with Crippen LogP contribution in [0.2, 0.25) is 0 Å². The van der Waals surface area contributed by atoms with Crippen molar-refractivity contribution in [2.75, 3.05) is 12.4 Å². The fourth-order valence-corrected chi connectivity index (χ4v) is 3.31. The number of hydrogen-bond donors (Lipinski definition) is 1. The zero-order valence-corrected chi connectivity index (χ0v) is 14.7. The van der Waals surface area contributed by atoms with Crippen LogP contribution in [0.15, 0.2) is 35.5 Å². The molecule has 1 atom stereocenters. The van der Waals surface area contributed by atoms with Crippen molar-refractivity contribution in [2.45, 2.75) is 32.0 Å². The van der Waals surface area contributed by atoms with Gasteiger partial charge in [0.05, 0.1) is 6.10 Å². The van der Waals surface area contributed by atoms with Gasteiger partial charge in [0.25, 0.3) is 5.78 Å². The summed E-state index contributed by atoms with van der Waals surface area (Å²) in [5.74, 6) is 1.85. The molecule has 24 heavy (non-hydrogen) atoms. The van der Waals surface area contributed by atoms with E-state index < -0.39 is 6.10 Å². The van der Waals surface area contributed by atoms with Crippen LogP contribution < -0.4 is 4.74 Å². The molecule has 0 amide bonds. The fraction of sp³-hybridized carbons (Fsp3) is 0.353. The Balaban J connectivity index is 1.61. The molecule has 126 valence electrons. The number of para-hydroxylation sites is 1. The van der Waals surface area contributed by atoms with Crippen LogP contribution >= 0.6 is 11.8 Å². The molecule has 6 nitrogen and oxygen atoms in total. The van der Waals surface area contributed by atoms with Gasteiger partial charge < -0.3 is 9.84 Å². The summed E-state index contributed by atoms with van der Waals surface area (Å²) in [4.78, 5) is 4.36. The topological polar surface area (TPSA) is 72.5 Å². The number of aromatic nitrogens is 4. The highest BCUT2D eigenvalue weighted by atomic mass is 32.2. The highest BCUT2D eigenvalue weighted by Crippen LogP contribution is 2.20. The summed E-state index contributed by atoms with van der Waals surface area (Å²) >= 11 is 1.44. The van der Waals surface area contributed by atoms with Crippen LogP contribution in [-0.2, 0) is 0 Å². The maximum absolute atomic E-state index is 10.2. The predicted molar refractivity (Wildman–Crippen MR) is 93.7 cm³/mol. The van der Waals surface area contributed by atoms with Crippen molar-refractivity contribution in [1.29, 1.82) is 0 Å². The van der Waals surface area contributed by atoms with Crippen LogP contribution in [0.4, 0.5) is 0 Å². The number of benzene rings is 1. The van der Waals surface area contributed by atoms with Crippen molar-refractivity contribution < 1.29 is 9.84 Å². The molecule has 0 spiro atoms. The van der Waals surface area contributed by atoms with Gasteiger partial charge in [-0.05, 0) is 38.5 Å². The largest absolute Gasteiger partial charge is 0.491 e. The summed E-state index contributed by atoms with van der Waals surface area (Å²) in [6.45, 7) is 6.15. The maximum atomic E-state index is 10.2. The summed E-state index contributed by atoms with van der Waals surface area (Å²) in [5, 5.41) is 19.1. The van der Waals surface area contributed by atoms with Gasteiger partial charge in [0.15, 0.2) is 5.16 Å². The number of thioether (sulfide) groups is 1. The lowest BCUT2D eigenvalue weighted by Gasteiger charge is -2.13. The lowest BCUT2D eigenvalue weighted by atomic mass is 10.2. The number of aryl methyl sites for hydroxylation is 3. The highest BCUT2D eigenvalue weighted by Gasteiger charge is 2.13. The Hall–Kier alpha value is -2.12. The smallest absolute Gasteiger partial charge is 0.256 e. The van der Waals surface area contributed by atoms with Gasteiger partial charge in [-0.3, -0.25) is 4.40 Å². The SMILES string of the molecule is Cc1cc(C)n2c(SC[C@H](O)COc3ccccc3C)nnc2n1. The van der Waals surface area contributed by atoms with E-state index in [-0.39, 0.29) is 6.61 Å². The van der Waals surface area contributed by atoms with Gasteiger partial charge in [-0.1, -0.05) is 30.0 Å². The lowest BCUT2D eigenvalue weighted by Crippen LogP contribution is -2.20. The second-order valence-corrected chi connectivity index (χ2v) is 6.69. The fourth-order valence-electron chi connectivity index (χ4n) is 2.42. The molecule has 0 radical (unpaired) electrons. The molecule has 3 aromatic rings. The number of hydrogen-bond acceptors (Lipinski definition) is 6. The van der Waals surface area contributed by atoms with Gasteiger partial charge in [0, 0.05) is 17.1 Å². The minimum absolute atomic E-state index is 0.241. The van der Waals surface area contributed by atoms with Gasteiger partial charge in [-0.25, -0.2) is 4.98 Å². The van der Waals surface area contributed by atoms with E-state index in [1.54, 1.807) is 0 Å². The molecule has 0 saturated heterocycles. The third-order valence-corrected chi connectivity index (χ3v) is 4.67. The molecule has 3 rings (SSSR count). The molecule has 1 N–H and O–H groups in total. The first-order chi connectivity index (χ1) is 11.5. The Morgan fingerprint density at radius 3 is 2.79 bits per heavy atom. The number of aliphatic hydroxyl groups excluding tert-OH is 1. The summed E-state index contributed by atoms with van der Waals surface area (Å²) in [6.07, 6.45) is -0.597. The van der Waals surface area contributed by atoms with E-state index in [4.69, 9.17) is 4.74 Å². The molecule has 0 aliphatic heterocycles. The highest BCUT2D eigenvalue weighted by molar-refractivity contribution is 7.99. The second kappa shape index (κ2) is 7.19. The molecule has 0 aliphatic carbocycles. The van der Waals surface area contributed by atoms with Crippen LogP contribution in [0.5, 0.6) is 5.75 Å². The molecule has 0 bridgehead atoms. The van der Waals surface area contributed by atoms with Crippen molar-refractivity contribution in [3.05, 3.63) is 47.3 Å². The Morgan fingerprint density at radius 2 is 2.00 bits per heavy atom. The lowest BCUT2D eigenvalue weighted by molar-refractivity contribution is 0.126. The standard InChI is InChI=1S/C17H20N4O2S/c1-11-6-4-5-7-15(11)23-9-14(22)10-24-17-20-19-16-18-12(2)8-13(3)21(16)17/h4-8,14,22H,9-10H2,1-3H3/t14-/m1/s1. The van der Waals surface area contributed by atoms with Crippen molar-refractivity contribution in [3.8, 4) is 5.75 Å². The Labute approximate surface area is 144 Å². The first kappa shape index (κ1) is 16.7. The van der Waals surface area contributed by atoms with Crippen molar-refractivity contribution in [3.63, 3.8) is 0 Å². The average molecular weight is 344 g/mol.